The quantitative estimate of drug-likeness (QED) is 0.489. The summed E-state index contributed by atoms with van der Waals surface area (Å²) in [7, 11) is 3.91. The monoisotopic (exact) mass is 410 g/mol. The molecule has 11 heteroatoms. The molecule has 0 N–H and O–H groups in total. The van der Waals surface area contributed by atoms with Gasteiger partial charge in [-0.05, 0) is 23.8 Å². The Balaban J connectivity index is 2.99. The molecule has 156 valence electrons. The largest absolute Gasteiger partial charge is 0.493 e. The lowest BCUT2D eigenvalue weighted by Gasteiger charge is -2.23. The second-order valence-corrected chi connectivity index (χ2v) is 5.72. The number of hydrogen-bond donors (Lipinski definition) is 0. The fraction of sp³-hybridized carbons (Fsp3) is 0.412. The molecule has 0 aliphatic heterocycles. The molecule has 1 rings (SSSR count). The van der Waals surface area contributed by atoms with Crippen LogP contribution < -0.4 is 9.47 Å². The van der Waals surface area contributed by atoms with Crippen LogP contribution in [0.3, 0.4) is 0 Å². The summed E-state index contributed by atoms with van der Waals surface area (Å²) in [6.07, 6.45) is -2.68. The Morgan fingerprint density at radius 3 is 2.32 bits per heavy atom. The predicted molar refractivity (Wildman–Crippen MR) is 90.0 cm³/mol. The number of hydrogen-bond acceptors (Lipinski definition) is 4. The number of ether oxygens (including phenoxy) is 2. The van der Waals surface area contributed by atoms with Crippen molar-refractivity contribution in [2.45, 2.75) is 12.8 Å². The molecule has 6 nitrogen and oxygen atoms in total. The van der Waals surface area contributed by atoms with Crippen LogP contribution in [0.2, 0.25) is 0 Å². The topological polar surface area (TPSA) is 59.1 Å². The number of carbonyl (C=O) groups excluding carboxylic acids is 2. The summed E-state index contributed by atoms with van der Waals surface area (Å²) in [5.74, 6) is -2.01. The van der Waals surface area contributed by atoms with Crippen molar-refractivity contribution in [3.63, 3.8) is 0 Å². The number of carbonyl (C=O) groups is 2. The lowest BCUT2D eigenvalue weighted by atomic mass is 10.2. The lowest BCUT2D eigenvalue weighted by molar-refractivity contribution is -0.161. The molecule has 0 aliphatic carbocycles. The third-order valence-electron chi connectivity index (χ3n) is 3.33. The molecule has 0 aliphatic rings. The molecule has 0 atom stereocenters. The number of benzene rings is 1. The van der Waals surface area contributed by atoms with E-state index in [1.54, 1.807) is 0 Å². The molecule has 0 fully saturated rings. The first-order valence-electron chi connectivity index (χ1n) is 7.79. The highest BCUT2D eigenvalue weighted by Crippen LogP contribution is 2.29. The second kappa shape index (κ2) is 9.90. The summed E-state index contributed by atoms with van der Waals surface area (Å²) in [5, 5.41) is 0. The van der Waals surface area contributed by atoms with Crippen molar-refractivity contribution in [3.8, 4) is 11.5 Å². The Hall–Kier alpha value is -2.85. The fourth-order valence-corrected chi connectivity index (χ4v) is 1.99. The van der Waals surface area contributed by atoms with E-state index in [0.717, 1.165) is 17.0 Å². The van der Waals surface area contributed by atoms with Gasteiger partial charge in [-0.2, -0.15) is 22.0 Å². The van der Waals surface area contributed by atoms with Crippen molar-refractivity contribution >= 4 is 17.9 Å². The molecule has 2 amide bonds. The van der Waals surface area contributed by atoms with E-state index in [0.29, 0.717) is 4.90 Å². The Morgan fingerprint density at radius 1 is 1.18 bits per heavy atom. The van der Waals surface area contributed by atoms with Gasteiger partial charge in [0.1, 0.15) is 13.1 Å². The Morgan fingerprint density at radius 2 is 1.82 bits per heavy atom. The van der Waals surface area contributed by atoms with Crippen molar-refractivity contribution < 1.29 is 41.0 Å². The van der Waals surface area contributed by atoms with Gasteiger partial charge in [-0.15, -0.1) is 0 Å². The molecule has 1 aromatic carbocycles. The average molecular weight is 410 g/mol. The van der Waals surface area contributed by atoms with E-state index in [9.17, 15) is 31.5 Å². The fourth-order valence-electron chi connectivity index (χ4n) is 1.99. The standard InChI is InChI=1S/C17H19F5N2O4/c1-23(2)15(26)9-24(10-17(20,21)22)14(25)7-5-11-4-6-12(28-16(18)19)13(8-11)27-3/h4-8,16H,9-10H2,1-3H3. The van der Waals surface area contributed by atoms with Crippen LogP contribution in [-0.2, 0) is 9.59 Å². The smallest absolute Gasteiger partial charge is 0.406 e. The zero-order valence-electron chi connectivity index (χ0n) is 15.3. The molecule has 0 saturated carbocycles. The van der Waals surface area contributed by atoms with Crippen LogP contribution >= 0.6 is 0 Å². The van der Waals surface area contributed by atoms with Gasteiger partial charge in [0.05, 0.1) is 7.11 Å². The van der Waals surface area contributed by atoms with Crippen LogP contribution in [-0.4, -0.2) is 68.7 Å². The predicted octanol–water partition coefficient (Wildman–Crippen LogP) is 2.79. The number of alkyl halides is 5. The van der Waals surface area contributed by atoms with Crippen molar-refractivity contribution in [3.05, 3.63) is 29.8 Å². The minimum atomic E-state index is -4.69. The maximum atomic E-state index is 12.7. The molecule has 1 aromatic rings. The van der Waals surface area contributed by atoms with Gasteiger partial charge in [-0.25, -0.2) is 0 Å². The summed E-state index contributed by atoms with van der Waals surface area (Å²) in [4.78, 5) is 25.2. The summed E-state index contributed by atoms with van der Waals surface area (Å²) < 4.78 is 71.9. The second-order valence-electron chi connectivity index (χ2n) is 5.72. The van der Waals surface area contributed by atoms with Gasteiger partial charge < -0.3 is 19.3 Å². The molecule has 0 radical (unpaired) electrons. The molecule has 0 bridgehead atoms. The number of amides is 2. The highest BCUT2D eigenvalue weighted by Gasteiger charge is 2.33. The average Bonchev–Trinajstić information content (AvgIpc) is 2.58. The normalized spacial score (nSPS) is 11.6. The Kier molecular flexibility index (Phi) is 8.20. The first-order chi connectivity index (χ1) is 12.9. The highest BCUT2D eigenvalue weighted by molar-refractivity contribution is 5.94. The van der Waals surface area contributed by atoms with E-state index in [4.69, 9.17) is 4.74 Å². The first-order valence-corrected chi connectivity index (χ1v) is 7.79. The Bertz CT molecular complexity index is 720. The zero-order chi connectivity index (χ0) is 21.5. The van der Waals surface area contributed by atoms with Gasteiger partial charge in [-0.3, -0.25) is 9.59 Å². The van der Waals surface area contributed by atoms with E-state index >= 15 is 0 Å². The van der Waals surface area contributed by atoms with E-state index in [-0.39, 0.29) is 17.1 Å². The van der Waals surface area contributed by atoms with Crippen LogP contribution in [0.4, 0.5) is 22.0 Å². The van der Waals surface area contributed by atoms with Crippen LogP contribution in [0.1, 0.15) is 5.56 Å². The van der Waals surface area contributed by atoms with Gasteiger partial charge in [0, 0.05) is 20.2 Å². The summed E-state index contributed by atoms with van der Waals surface area (Å²) in [6.45, 7) is -5.41. The number of rotatable bonds is 8. The number of likely N-dealkylation sites (N-methyl/N-ethyl adjacent to an activating group) is 1. The number of methoxy groups -OCH3 is 1. The van der Waals surface area contributed by atoms with Crippen molar-refractivity contribution in [2.75, 3.05) is 34.3 Å². The molecular formula is C17H19F5N2O4. The summed E-state index contributed by atoms with van der Waals surface area (Å²) in [6, 6.07) is 3.74. The number of halogens is 5. The summed E-state index contributed by atoms with van der Waals surface area (Å²) in [5.41, 5.74) is 0.290. The van der Waals surface area contributed by atoms with Gasteiger partial charge >= 0.3 is 12.8 Å². The molecule has 0 unspecified atom stereocenters. The third kappa shape index (κ3) is 7.80. The van der Waals surface area contributed by atoms with Crippen molar-refractivity contribution in [1.29, 1.82) is 0 Å². The molecular weight excluding hydrogens is 391 g/mol. The molecule has 0 spiro atoms. The van der Waals surface area contributed by atoms with Crippen molar-refractivity contribution in [1.82, 2.24) is 9.80 Å². The highest BCUT2D eigenvalue weighted by atomic mass is 19.4. The maximum absolute atomic E-state index is 12.7. The SMILES string of the molecule is COc1cc(C=CC(=O)N(CC(=O)N(C)C)CC(F)(F)F)ccc1OC(F)F. The minimum absolute atomic E-state index is 0.0511. The third-order valence-corrected chi connectivity index (χ3v) is 3.33. The van der Waals surface area contributed by atoms with E-state index in [1.807, 2.05) is 0 Å². The first kappa shape index (κ1) is 23.2. The van der Waals surface area contributed by atoms with E-state index in [1.165, 1.54) is 39.4 Å². The van der Waals surface area contributed by atoms with E-state index in [2.05, 4.69) is 4.74 Å². The summed E-state index contributed by atoms with van der Waals surface area (Å²) >= 11 is 0. The molecule has 0 aromatic heterocycles. The van der Waals surface area contributed by atoms with Gasteiger partial charge in [-0.1, -0.05) is 6.07 Å². The van der Waals surface area contributed by atoms with Crippen LogP contribution in [0.15, 0.2) is 24.3 Å². The minimum Gasteiger partial charge on any atom is -0.493 e. The molecule has 0 heterocycles. The Labute approximate surface area is 158 Å². The van der Waals surface area contributed by atoms with Crippen LogP contribution in [0.5, 0.6) is 11.5 Å². The maximum Gasteiger partial charge on any atom is 0.406 e. The van der Waals surface area contributed by atoms with Crippen LogP contribution in [0.25, 0.3) is 6.08 Å². The zero-order valence-corrected chi connectivity index (χ0v) is 15.3. The van der Waals surface area contributed by atoms with E-state index < -0.39 is 37.7 Å². The van der Waals surface area contributed by atoms with Gasteiger partial charge in [0.25, 0.3) is 0 Å². The number of nitrogens with zero attached hydrogens (tertiary/aromatic N) is 2. The van der Waals surface area contributed by atoms with Crippen molar-refractivity contribution in [2.24, 2.45) is 0 Å². The molecule has 28 heavy (non-hydrogen) atoms. The van der Waals surface area contributed by atoms with Gasteiger partial charge in [0.2, 0.25) is 11.8 Å². The van der Waals surface area contributed by atoms with Crippen LogP contribution in [0, 0.1) is 0 Å². The lowest BCUT2D eigenvalue weighted by Crippen LogP contribution is -2.44. The molecule has 0 saturated heterocycles. The van der Waals surface area contributed by atoms with Gasteiger partial charge in [0.15, 0.2) is 11.5 Å².